The average Bonchev–Trinajstić information content (AvgIpc) is 2.93. The van der Waals surface area contributed by atoms with E-state index in [1.807, 2.05) is 52.1 Å². The number of piperidine rings is 1. The summed E-state index contributed by atoms with van der Waals surface area (Å²) < 4.78 is 26.8. The van der Waals surface area contributed by atoms with Crippen LogP contribution in [-0.4, -0.2) is 67.9 Å². The van der Waals surface area contributed by atoms with Crippen LogP contribution in [0.2, 0.25) is 24.2 Å². The minimum atomic E-state index is -3.56. The number of allylic oxidation sites excluding steroid dienone is 3. The number of nitrogens with one attached hydrogen (secondary N) is 1. The van der Waals surface area contributed by atoms with Crippen LogP contribution < -0.4 is 5.32 Å². The molecule has 7 nitrogen and oxygen atoms in total. The predicted octanol–water partition coefficient (Wildman–Crippen LogP) is 7.23. The quantitative estimate of drug-likeness (QED) is 0.114. The van der Waals surface area contributed by atoms with Crippen LogP contribution in [0.4, 0.5) is 0 Å². The van der Waals surface area contributed by atoms with Gasteiger partial charge in [-0.15, -0.1) is 0 Å². The molecule has 1 aliphatic rings. The van der Waals surface area contributed by atoms with Crippen molar-refractivity contribution < 1.29 is 22.8 Å². The van der Waals surface area contributed by atoms with Gasteiger partial charge in [-0.25, -0.2) is 8.42 Å². The Bertz CT molecular complexity index is 1390. The Morgan fingerprint density at radius 3 is 2.42 bits per heavy atom. The molecule has 0 bridgehead atoms. The SMILES string of the molecule is C=C(/C=C\C(Cl)=C/C)[C@@H]1C(c2cccc(Cl)c2)C[C@](C)(CC(=O)NCCC[Si](C)(C)O)C(=O)N1[C@H](CS(=O)(=O)C(C)C)C(C)C. The van der Waals surface area contributed by atoms with Gasteiger partial charge in [0, 0.05) is 35.0 Å². The zero-order valence-electron chi connectivity index (χ0n) is 28.1. The first-order valence-corrected chi connectivity index (χ1v) is 21.3. The van der Waals surface area contributed by atoms with Gasteiger partial charge in [-0.2, -0.15) is 0 Å². The van der Waals surface area contributed by atoms with E-state index < -0.39 is 40.9 Å². The van der Waals surface area contributed by atoms with E-state index in [0.29, 0.717) is 41.1 Å². The first-order chi connectivity index (χ1) is 20.7. The van der Waals surface area contributed by atoms with Gasteiger partial charge in [0.2, 0.25) is 11.8 Å². The molecule has 0 spiro atoms. The molecule has 0 aromatic heterocycles. The molecule has 2 rings (SSSR count). The van der Waals surface area contributed by atoms with Crippen molar-refractivity contribution in [3.8, 4) is 0 Å². The normalized spacial score (nSPS) is 22.4. The van der Waals surface area contributed by atoms with Crippen LogP contribution in [0.15, 0.2) is 59.7 Å². The minimum Gasteiger partial charge on any atom is -0.432 e. The fourth-order valence-electron chi connectivity index (χ4n) is 5.87. The van der Waals surface area contributed by atoms with Crippen molar-refractivity contribution in [3.05, 3.63) is 70.3 Å². The zero-order valence-corrected chi connectivity index (χ0v) is 31.4. The maximum absolute atomic E-state index is 14.8. The lowest BCUT2D eigenvalue weighted by Gasteiger charge is -2.53. The Morgan fingerprint density at radius 2 is 1.89 bits per heavy atom. The summed E-state index contributed by atoms with van der Waals surface area (Å²) in [6.45, 7) is 19.2. The van der Waals surface area contributed by atoms with E-state index in [0.717, 1.165) is 5.56 Å². The first-order valence-electron chi connectivity index (χ1n) is 15.7. The summed E-state index contributed by atoms with van der Waals surface area (Å²) in [6, 6.07) is 6.80. The maximum atomic E-state index is 14.8. The van der Waals surface area contributed by atoms with Gasteiger partial charge < -0.3 is 15.0 Å². The van der Waals surface area contributed by atoms with Gasteiger partial charge in [0.05, 0.1) is 22.5 Å². The summed E-state index contributed by atoms with van der Waals surface area (Å²) in [5.74, 6) is -1.33. The van der Waals surface area contributed by atoms with Crippen LogP contribution in [0.3, 0.4) is 0 Å². The summed E-state index contributed by atoms with van der Waals surface area (Å²) >= 11 is 12.8. The summed E-state index contributed by atoms with van der Waals surface area (Å²) in [7, 11) is -5.80. The largest absolute Gasteiger partial charge is 0.432 e. The molecule has 11 heteroatoms. The van der Waals surface area contributed by atoms with Gasteiger partial charge in [0.1, 0.15) is 0 Å². The van der Waals surface area contributed by atoms with Crippen molar-refractivity contribution >= 4 is 53.2 Å². The van der Waals surface area contributed by atoms with Crippen molar-refractivity contribution in [1.82, 2.24) is 10.2 Å². The molecule has 2 amide bonds. The van der Waals surface area contributed by atoms with Gasteiger partial charge in [0.25, 0.3) is 0 Å². The predicted molar refractivity (Wildman–Crippen MR) is 190 cm³/mol. The van der Waals surface area contributed by atoms with Crippen LogP contribution >= 0.6 is 23.2 Å². The number of sulfone groups is 1. The van der Waals surface area contributed by atoms with Crippen molar-refractivity contribution in [2.75, 3.05) is 12.3 Å². The third-order valence-electron chi connectivity index (χ3n) is 8.58. The van der Waals surface area contributed by atoms with Gasteiger partial charge >= 0.3 is 0 Å². The van der Waals surface area contributed by atoms with Gasteiger partial charge in [0.15, 0.2) is 18.2 Å². The molecule has 1 fully saturated rings. The Kier molecular flexibility index (Phi) is 14.2. The molecule has 1 saturated heterocycles. The molecule has 1 aromatic rings. The monoisotopic (exact) mass is 698 g/mol. The second kappa shape index (κ2) is 16.3. The summed E-state index contributed by atoms with van der Waals surface area (Å²) in [4.78, 5) is 40.0. The van der Waals surface area contributed by atoms with Gasteiger partial charge in [-0.05, 0) is 88.0 Å². The topological polar surface area (TPSA) is 104 Å². The Balaban J connectivity index is 2.71. The average molecular weight is 700 g/mol. The molecule has 1 aliphatic heterocycles. The smallest absolute Gasteiger partial charge is 0.229 e. The first kappa shape index (κ1) is 39.3. The zero-order chi connectivity index (χ0) is 34.3. The Hall–Kier alpha value is -1.91. The standard InChI is InChI=1S/C34H52Cl2N2O5SSi/c1-10-27(35)16-15-25(6)32-29(26-13-11-14-28(36)19-26)20-34(7,21-31(39)37-17-12-18-45(8,9)43)33(40)38(32)30(23(2)3)22-44(41,42)24(4)5/h10-11,13-16,19,23-24,29-30,32,43H,6,12,17-18,20-22H2,1-5,7-9H3,(H,37,39)/b16-15-,27-10+/t29?,30-,32-,34-/m1/s1. The van der Waals surface area contributed by atoms with Crippen molar-refractivity contribution in [3.63, 3.8) is 0 Å². The minimum absolute atomic E-state index is 0.0689. The molecular formula is C34H52Cl2N2O5SSi. The highest BCUT2D eigenvalue weighted by Crippen LogP contribution is 2.48. The van der Waals surface area contributed by atoms with Crippen molar-refractivity contribution in [2.45, 2.75) is 103 Å². The van der Waals surface area contributed by atoms with E-state index in [1.165, 1.54) is 0 Å². The van der Waals surface area contributed by atoms with E-state index >= 15 is 0 Å². The number of rotatable bonds is 15. The van der Waals surface area contributed by atoms with E-state index in [1.54, 1.807) is 50.0 Å². The van der Waals surface area contributed by atoms with Crippen molar-refractivity contribution in [2.24, 2.45) is 11.3 Å². The summed E-state index contributed by atoms with van der Waals surface area (Å²) in [6.07, 6.45) is 6.14. The van der Waals surface area contributed by atoms with Crippen LogP contribution in [0.1, 0.15) is 72.3 Å². The molecule has 2 N–H and O–H groups in total. The number of nitrogens with zero attached hydrogens (tertiary/aromatic N) is 1. The molecule has 4 atom stereocenters. The van der Waals surface area contributed by atoms with Crippen LogP contribution in [0.25, 0.3) is 0 Å². The Labute approximate surface area is 282 Å². The third-order valence-corrected chi connectivity index (χ3v) is 13.0. The van der Waals surface area contributed by atoms with Gasteiger partial charge in [-0.1, -0.05) is 74.8 Å². The number of amides is 2. The fourth-order valence-corrected chi connectivity index (χ4v) is 8.58. The summed E-state index contributed by atoms with van der Waals surface area (Å²) in [5, 5.41) is 3.35. The molecule has 0 aliphatic carbocycles. The van der Waals surface area contributed by atoms with Crippen molar-refractivity contribution in [1.29, 1.82) is 0 Å². The molecule has 1 aromatic carbocycles. The van der Waals surface area contributed by atoms with E-state index in [4.69, 9.17) is 23.2 Å². The lowest BCUT2D eigenvalue weighted by Crippen LogP contribution is -2.63. The third kappa shape index (κ3) is 11.1. The highest BCUT2D eigenvalue weighted by molar-refractivity contribution is 7.92. The highest BCUT2D eigenvalue weighted by Gasteiger charge is 2.53. The molecule has 45 heavy (non-hydrogen) atoms. The summed E-state index contributed by atoms with van der Waals surface area (Å²) in [5.41, 5.74) is 0.328. The maximum Gasteiger partial charge on any atom is 0.229 e. The van der Waals surface area contributed by atoms with Crippen LogP contribution in [0.5, 0.6) is 0 Å². The lowest BCUT2D eigenvalue weighted by molar-refractivity contribution is -0.155. The van der Waals surface area contributed by atoms with Crippen LogP contribution in [-0.2, 0) is 19.4 Å². The molecule has 0 radical (unpaired) electrons. The highest BCUT2D eigenvalue weighted by atomic mass is 35.5. The number of hydrogen-bond donors (Lipinski definition) is 2. The second-order valence-corrected chi connectivity index (χ2v) is 21.4. The number of hydrogen-bond acceptors (Lipinski definition) is 5. The molecule has 1 unspecified atom stereocenters. The number of carbonyl (C=O) groups excluding carboxylic acids is 2. The van der Waals surface area contributed by atoms with Gasteiger partial charge in [-0.3, -0.25) is 9.59 Å². The molecule has 1 heterocycles. The molecule has 252 valence electrons. The molecule has 0 saturated carbocycles. The second-order valence-electron chi connectivity index (χ2n) is 13.8. The Morgan fingerprint density at radius 1 is 1.24 bits per heavy atom. The van der Waals surface area contributed by atoms with E-state index in [2.05, 4.69) is 11.9 Å². The fraction of sp³-hybridized carbons (Fsp3) is 0.588. The number of likely N-dealkylation sites (tertiary alicyclic amines) is 1. The number of carbonyl (C=O) groups is 2. The number of benzene rings is 1. The van der Waals surface area contributed by atoms with E-state index in [-0.39, 0.29) is 35.8 Å². The van der Waals surface area contributed by atoms with E-state index in [9.17, 15) is 22.8 Å². The number of halogens is 2. The molecular weight excluding hydrogens is 647 g/mol. The lowest BCUT2D eigenvalue weighted by atomic mass is 9.66. The van der Waals surface area contributed by atoms with Crippen LogP contribution in [0, 0.1) is 11.3 Å².